The third kappa shape index (κ3) is 4.39. The number of aryl methyl sites for hydroxylation is 1. The van der Waals surface area contributed by atoms with Gasteiger partial charge in [0, 0.05) is 5.56 Å². The van der Waals surface area contributed by atoms with Gasteiger partial charge in [0.15, 0.2) is 11.5 Å². The molecule has 0 saturated heterocycles. The number of hydrogen-bond acceptors (Lipinski definition) is 8. The van der Waals surface area contributed by atoms with Crippen molar-refractivity contribution < 1.29 is 27.2 Å². The van der Waals surface area contributed by atoms with Crippen molar-refractivity contribution in [1.29, 1.82) is 0 Å². The van der Waals surface area contributed by atoms with Crippen LogP contribution in [0, 0.1) is 6.92 Å². The molecule has 0 unspecified atom stereocenters. The lowest BCUT2D eigenvalue weighted by molar-refractivity contribution is 0.324. The molecule has 0 bridgehead atoms. The van der Waals surface area contributed by atoms with Crippen molar-refractivity contribution >= 4 is 10.0 Å². The third-order valence-corrected chi connectivity index (χ3v) is 5.95. The molecule has 1 aromatic heterocycles. The Kier molecular flexibility index (Phi) is 6.28. The highest BCUT2D eigenvalue weighted by Crippen LogP contribution is 2.40. The fraction of sp³-hybridized carbons (Fsp3) is 0.300. The lowest BCUT2D eigenvalue weighted by Gasteiger charge is -2.12. The Labute approximate surface area is 175 Å². The molecule has 1 N–H and O–H groups in total. The van der Waals surface area contributed by atoms with Crippen LogP contribution in [-0.2, 0) is 10.0 Å². The first-order chi connectivity index (χ1) is 14.3. The predicted octanol–water partition coefficient (Wildman–Crippen LogP) is 3.11. The molecule has 0 aliphatic carbocycles. The number of nitrogens with one attached hydrogen (secondary N) is 1. The largest absolute Gasteiger partial charge is 0.493 e. The summed E-state index contributed by atoms with van der Waals surface area (Å²) in [7, 11) is 0.773. The topological polar surface area (TPSA) is 113 Å². The summed E-state index contributed by atoms with van der Waals surface area (Å²) in [6.45, 7) is 3.51. The van der Waals surface area contributed by atoms with Crippen molar-refractivity contribution in [2.24, 2.45) is 0 Å². The van der Waals surface area contributed by atoms with Gasteiger partial charge in [-0.1, -0.05) is 22.9 Å². The van der Waals surface area contributed by atoms with Gasteiger partial charge >= 0.3 is 0 Å². The minimum atomic E-state index is -3.74. The fourth-order valence-electron chi connectivity index (χ4n) is 2.81. The maximum atomic E-state index is 12.6. The molecule has 0 saturated carbocycles. The van der Waals surface area contributed by atoms with Crippen LogP contribution in [-0.4, -0.2) is 39.9 Å². The van der Waals surface area contributed by atoms with Crippen molar-refractivity contribution in [3.8, 4) is 28.6 Å². The van der Waals surface area contributed by atoms with Crippen LogP contribution in [0.4, 0.5) is 0 Å². The standard InChI is InChI=1S/C20H23N3O6S/c1-12-6-8-15(9-7-12)30(24,25)23-13(2)20-21-19(22-29-20)14-10-16(26-3)18(28-5)17(11-14)27-4/h6-11,13,23H,1-5H3/t13-/m1/s1. The number of rotatable bonds is 8. The molecule has 0 aliphatic heterocycles. The van der Waals surface area contributed by atoms with Crippen molar-refractivity contribution in [1.82, 2.24) is 14.9 Å². The minimum absolute atomic E-state index is 0.120. The van der Waals surface area contributed by atoms with Gasteiger partial charge < -0.3 is 18.7 Å². The van der Waals surface area contributed by atoms with Gasteiger partial charge in [-0.3, -0.25) is 0 Å². The summed E-state index contributed by atoms with van der Waals surface area (Å²) >= 11 is 0. The van der Waals surface area contributed by atoms with Crippen LogP contribution < -0.4 is 18.9 Å². The lowest BCUT2D eigenvalue weighted by atomic mass is 10.1. The summed E-state index contributed by atoms with van der Waals surface area (Å²) in [5.41, 5.74) is 1.53. The van der Waals surface area contributed by atoms with Crippen LogP contribution in [0.3, 0.4) is 0 Å². The molecular formula is C20H23N3O6S. The first kappa shape index (κ1) is 21.6. The molecule has 2 aromatic carbocycles. The summed E-state index contributed by atoms with van der Waals surface area (Å²) in [4.78, 5) is 4.48. The van der Waals surface area contributed by atoms with Crippen molar-refractivity contribution in [3.63, 3.8) is 0 Å². The van der Waals surface area contributed by atoms with Gasteiger partial charge in [0.2, 0.25) is 27.5 Å². The van der Waals surface area contributed by atoms with Crippen LogP contribution in [0.25, 0.3) is 11.4 Å². The van der Waals surface area contributed by atoms with Gasteiger partial charge in [0.25, 0.3) is 0 Å². The Morgan fingerprint density at radius 3 is 2.13 bits per heavy atom. The van der Waals surface area contributed by atoms with Crippen LogP contribution in [0.1, 0.15) is 24.4 Å². The summed E-state index contributed by atoms with van der Waals surface area (Å²) in [5, 5.41) is 3.96. The Balaban J connectivity index is 1.86. The number of benzene rings is 2. The van der Waals surface area contributed by atoms with Gasteiger partial charge in [-0.15, -0.1) is 0 Å². The molecule has 0 aliphatic rings. The number of hydrogen-bond donors (Lipinski definition) is 1. The number of ether oxygens (including phenoxy) is 3. The molecule has 10 heteroatoms. The lowest BCUT2D eigenvalue weighted by Crippen LogP contribution is -2.27. The fourth-order valence-corrected chi connectivity index (χ4v) is 4.00. The van der Waals surface area contributed by atoms with Crippen LogP contribution in [0.5, 0.6) is 17.2 Å². The zero-order valence-corrected chi connectivity index (χ0v) is 18.1. The van der Waals surface area contributed by atoms with Gasteiger partial charge in [-0.25, -0.2) is 8.42 Å². The second-order valence-corrected chi connectivity index (χ2v) is 8.24. The van der Waals surface area contributed by atoms with Gasteiger partial charge in [-0.05, 0) is 38.1 Å². The van der Waals surface area contributed by atoms with E-state index in [4.69, 9.17) is 18.7 Å². The molecule has 0 spiro atoms. The van der Waals surface area contributed by atoms with Crippen molar-refractivity contribution in [2.75, 3.05) is 21.3 Å². The van der Waals surface area contributed by atoms with E-state index in [9.17, 15) is 8.42 Å². The van der Waals surface area contributed by atoms with E-state index in [0.29, 0.717) is 22.8 Å². The predicted molar refractivity (Wildman–Crippen MR) is 109 cm³/mol. The summed E-state index contributed by atoms with van der Waals surface area (Å²) in [5.74, 6) is 1.68. The SMILES string of the molecule is COc1cc(-c2noc([C@@H](C)NS(=O)(=O)c3ccc(C)cc3)n2)cc(OC)c1OC. The second-order valence-electron chi connectivity index (χ2n) is 6.53. The summed E-state index contributed by atoms with van der Waals surface area (Å²) in [6.07, 6.45) is 0. The van der Waals surface area contributed by atoms with Crippen molar-refractivity contribution in [3.05, 3.63) is 47.9 Å². The Morgan fingerprint density at radius 1 is 1.00 bits per heavy atom. The molecular weight excluding hydrogens is 410 g/mol. The molecule has 3 aromatic rings. The van der Waals surface area contributed by atoms with E-state index in [-0.39, 0.29) is 16.6 Å². The molecule has 1 heterocycles. The first-order valence-electron chi connectivity index (χ1n) is 9.02. The Bertz CT molecular complexity index is 1100. The maximum absolute atomic E-state index is 12.6. The highest BCUT2D eigenvalue weighted by molar-refractivity contribution is 7.89. The van der Waals surface area contributed by atoms with Gasteiger partial charge in [0.1, 0.15) is 0 Å². The molecule has 1 atom stereocenters. The van der Waals surface area contributed by atoms with Gasteiger partial charge in [-0.2, -0.15) is 9.71 Å². The first-order valence-corrected chi connectivity index (χ1v) is 10.5. The molecule has 0 fully saturated rings. The molecule has 0 amide bonds. The minimum Gasteiger partial charge on any atom is -0.493 e. The highest BCUT2D eigenvalue weighted by atomic mass is 32.2. The quantitative estimate of drug-likeness (QED) is 0.577. The molecule has 3 rings (SSSR count). The van der Waals surface area contributed by atoms with Crippen LogP contribution in [0.15, 0.2) is 45.8 Å². The zero-order chi connectivity index (χ0) is 21.9. The monoisotopic (exact) mass is 433 g/mol. The van der Waals surface area contributed by atoms with Crippen LogP contribution in [0.2, 0.25) is 0 Å². The third-order valence-electron chi connectivity index (χ3n) is 4.40. The van der Waals surface area contributed by atoms with E-state index in [2.05, 4.69) is 14.9 Å². The smallest absolute Gasteiger partial charge is 0.244 e. The van der Waals surface area contributed by atoms with E-state index < -0.39 is 16.1 Å². The Hall–Kier alpha value is -3.11. The molecule has 0 radical (unpaired) electrons. The van der Waals surface area contributed by atoms with E-state index >= 15 is 0 Å². The van der Waals surface area contributed by atoms with E-state index in [0.717, 1.165) is 5.56 Å². The van der Waals surface area contributed by atoms with Crippen molar-refractivity contribution in [2.45, 2.75) is 24.8 Å². The van der Waals surface area contributed by atoms with E-state index in [1.807, 2.05) is 6.92 Å². The molecule has 9 nitrogen and oxygen atoms in total. The average molecular weight is 433 g/mol. The number of nitrogens with zero attached hydrogens (tertiary/aromatic N) is 2. The summed E-state index contributed by atoms with van der Waals surface area (Å²) in [6, 6.07) is 9.16. The Morgan fingerprint density at radius 2 is 1.60 bits per heavy atom. The average Bonchev–Trinajstić information content (AvgIpc) is 3.23. The maximum Gasteiger partial charge on any atom is 0.244 e. The number of aromatic nitrogens is 2. The summed E-state index contributed by atoms with van der Waals surface area (Å²) < 4.78 is 49.0. The van der Waals surface area contributed by atoms with E-state index in [1.165, 1.54) is 21.3 Å². The van der Waals surface area contributed by atoms with Gasteiger partial charge in [0.05, 0.1) is 32.3 Å². The highest BCUT2D eigenvalue weighted by Gasteiger charge is 2.23. The molecule has 160 valence electrons. The number of methoxy groups -OCH3 is 3. The zero-order valence-electron chi connectivity index (χ0n) is 17.3. The van der Waals surface area contributed by atoms with Crippen LogP contribution >= 0.6 is 0 Å². The normalized spacial score (nSPS) is 12.4. The second kappa shape index (κ2) is 8.72. The molecule has 30 heavy (non-hydrogen) atoms. The van der Waals surface area contributed by atoms with E-state index in [1.54, 1.807) is 43.3 Å². The number of sulfonamides is 1.